The standard InChI is InChI=1S/C10H19NO/c1-4-7-10(12)11(8-5-2)9-6-3/h5H,2,4,6-9H2,1,3H3. The number of nitrogens with zero attached hydrogens (tertiary/aromatic N) is 1. The fourth-order valence-electron chi connectivity index (χ4n) is 1.12. The molecule has 0 heterocycles. The Bertz CT molecular complexity index is 143. The third kappa shape index (κ3) is 4.16. The van der Waals surface area contributed by atoms with Crippen LogP contribution < -0.4 is 0 Å². The first-order chi connectivity index (χ1) is 5.76. The average molecular weight is 169 g/mol. The predicted octanol–water partition coefficient (Wildman–Crippen LogP) is 2.21. The molecule has 0 aliphatic carbocycles. The van der Waals surface area contributed by atoms with E-state index in [2.05, 4.69) is 13.5 Å². The van der Waals surface area contributed by atoms with E-state index in [0.29, 0.717) is 13.0 Å². The van der Waals surface area contributed by atoms with Gasteiger partial charge in [-0.2, -0.15) is 0 Å². The summed E-state index contributed by atoms with van der Waals surface area (Å²) in [5, 5.41) is 0. The molecule has 0 aromatic carbocycles. The van der Waals surface area contributed by atoms with E-state index in [1.807, 2.05) is 11.8 Å². The van der Waals surface area contributed by atoms with E-state index in [1.54, 1.807) is 6.08 Å². The van der Waals surface area contributed by atoms with Gasteiger partial charge < -0.3 is 4.90 Å². The lowest BCUT2D eigenvalue weighted by atomic mass is 10.3. The van der Waals surface area contributed by atoms with Gasteiger partial charge in [0.1, 0.15) is 0 Å². The van der Waals surface area contributed by atoms with Crippen molar-refractivity contribution in [1.29, 1.82) is 0 Å². The van der Waals surface area contributed by atoms with Crippen LogP contribution in [0.1, 0.15) is 33.1 Å². The summed E-state index contributed by atoms with van der Waals surface area (Å²) < 4.78 is 0. The smallest absolute Gasteiger partial charge is 0.222 e. The van der Waals surface area contributed by atoms with Crippen molar-refractivity contribution in [1.82, 2.24) is 4.90 Å². The summed E-state index contributed by atoms with van der Waals surface area (Å²) in [4.78, 5) is 13.3. The second-order valence-electron chi connectivity index (χ2n) is 2.88. The first-order valence-corrected chi connectivity index (χ1v) is 4.64. The molecule has 0 spiro atoms. The summed E-state index contributed by atoms with van der Waals surface area (Å²) in [5.41, 5.74) is 0. The van der Waals surface area contributed by atoms with Crippen molar-refractivity contribution < 1.29 is 4.79 Å². The molecule has 0 saturated heterocycles. The van der Waals surface area contributed by atoms with E-state index >= 15 is 0 Å². The summed E-state index contributed by atoms with van der Waals surface area (Å²) in [6, 6.07) is 0. The first kappa shape index (κ1) is 11.2. The van der Waals surface area contributed by atoms with Crippen molar-refractivity contribution in [3.63, 3.8) is 0 Å². The quantitative estimate of drug-likeness (QED) is 0.558. The van der Waals surface area contributed by atoms with Crippen LogP contribution in [0.25, 0.3) is 0 Å². The number of carbonyl (C=O) groups excluding carboxylic acids is 1. The minimum atomic E-state index is 0.249. The largest absolute Gasteiger partial charge is 0.339 e. The van der Waals surface area contributed by atoms with Crippen LogP contribution in [0.15, 0.2) is 12.7 Å². The van der Waals surface area contributed by atoms with Gasteiger partial charge in [0.25, 0.3) is 0 Å². The predicted molar refractivity (Wildman–Crippen MR) is 52.0 cm³/mol. The molecule has 0 bridgehead atoms. The highest BCUT2D eigenvalue weighted by molar-refractivity contribution is 5.76. The highest BCUT2D eigenvalue weighted by atomic mass is 16.2. The van der Waals surface area contributed by atoms with Crippen LogP contribution in [-0.2, 0) is 4.79 Å². The van der Waals surface area contributed by atoms with Gasteiger partial charge in [0.05, 0.1) is 0 Å². The van der Waals surface area contributed by atoms with Crippen LogP contribution >= 0.6 is 0 Å². The van der Waals surface area contributed by atoms with E-state index in [9.17, 15) is 4.79 Å². The Kier molecular flexibility index (Phi) is 6.44. The Morgan fingerprint density at radius 3 is 2.50 bits per heavy atom. The van der Waals surface area contributed by atoms with Gasteiger partial charge in [-0.15, -0.1) is 6.58 Å². The zero-order chi connectivity index (χ0) is 9.40. The molecule has 12 heavy (non-hydrogen) atoms. The van der Waals surface area contributed by atoms with E-state index in [0.717, 1.165) is 19.4 Å². The number of carbonyl (C=O) groups is 1. The molecule has 0 fully saturated rings. The molecule has 0 radical (unpaired) electrons. The Balaban J connectivity index is 3.89. The van der Waals surface area contributed by atoms with Crippen molar-refractivity contribution in [2.24, 2.45) is 0 Å². The Morgan fingerprint density at radius 1 is 1.42 bits per heavy atom. The van der Waals surface area contributed by atoms with Crippen molar-refractivity contribution >= 4 is 5.91 Å². The number of hydrogen-bond donors (Lipinski definition) is 0. The molecule has 0 aliphatic rings. The van der Waals surface area contributed by atoms with E-state index < -0.39 is 0 Å². The normalized spacial score (nSPS) is 9.50. The van der Waals surface area contributed by atoms with E-state index in [-0.39, 0.29) is 5.91 Å². The third-order valence-corrected chi connectivity index (χ3v) is 1.66. The van der Waals surface area contributed by atoms with E-state index in [4.69, 9.17) is 0 Å². The van der Waals surface area contributed by atoms with Gasteiger partial charge in [-0.05, 0) is 12.8 Å². The van der Waals surface area contributed by atoms with Gasteiger partial charge in [-0.3, -0.25) is 4.79 Å². The molecule has 70 valence electrons. The van der Waals surface area contributed by atoms with Crippen molar-refractivity contribution in [3.8, 4) is 0 Å². The maximum absolute atomic E-state index is 11.4. The van der Waals surface area contributed by atoms with Gasteiger partial charge in [0.15, 0.2) is 0 Å². The van der Waals surface area contributed by atoms with Crippen molar-refractivity contribution in [2.75, 3.05) is 13.1 Å². The number of hydrogen-bond acceptors (Lipinski definition) is 1. The zero-order valence-corrected chi connectivity index (χ0v) is 8.18. The minimum absolute atomic E-state index is 0.249. The fraction of sp³-hybridized carbons (Fsp3) is 0.700. The summed E-state index contributed by atoms with van der Waals surface area (Å²) in [7, 11) is 0. The molecule has 2 heteroatoms. The Morgan fingerprint density at radius 2 is 2.08 bits per heavy atom. The Labute approximate surface area is 75.3 Å². The van der Waals surface area contributed by atoms with Crippen LogP contribution in [0.5, 0.6) is 0 Å². The van der Waals surface area contributed by atoms with Crippen LogP contribution in [0.4, 0.5) is 0 Å². The molecule has 0 aromatic rings. The molecule has 0 N–H and O–H groups in total. The third-order valence-electron chi connectivity index (χ3n) is 1.66. The van der Waals surface area contributed by atoms with Gasteiger partial charge in [-0.25, -0.2) is 0 Å². The number of rotatable bonds is 6. The van der Waals surface area contributed by atoms with Crippen LogP contribution in [0.2, 0.25) is 0 Å². The van der Waals surface area contributed by atoms with Gasteiger partial charge in [0, 0.05) is 19.5 Å². The maximum atomic E-state index is 11.4. The Hall–Kier alpha value is -0.790. The second-order valence-corrected chi connectivity index (χ2v) is 2.88. The molecular weight excluding hydrogens is 150 g/mol. The van der Waals surface area contributed by atoms with Crippen LogP contribution in [0.3, 0.4) is 0 Å². The molecule has 0 rings (SSSR count). The minimum Gasteiger partial charge on any atom is -0.339 e. The lowest BCUT2D eigenvalue weighted by molar-refractivity contribution is -0.130. The lowest BCUT2D eigenvalue weighted by Crippen LogP contribution is -2.31. The molecule has 1 amide bonds. The van der Waals surface area contributed by atoms with Gasteiger partial charge in [-0.1, -0.05) is 19.9 Å². The molecule has 0 unspecified atom stereocenters. The maximum Gasteiger partial charge on any atom is 0.222 e. The molecule has 2 nitrogen and oxygen atoms in total. The zero-order valence-electron chi connectivity index (χ0n) is 8.18. The fourth-order valence-corrected chi connectivity index (χ4v) is 1.12. The second kappa shape index (κ2) is 6.89. The lowest BCUT2D eigenvalue weighted by Gasteiger charge is -2.19. The first-order valence-electron chi connectivity index (χ1n) is 4.64. The molecular formula is C10H19NO. The molecule has 0 aromatic heterocycles. The van der Waals surface area contributed by atoms with Crippen molar-refractivity contribution in [3.05, 3.63) is 12.7 Å². The van der Waals surface area contributed by atoms with E-state index in [1.165, 1.54) is 0 Å². The topological polar surface area (TPSA) is 20.3 Å². The van der Waals surface area contributed by atoms with Crippen LogP contribution in [-0.4, -0.2) is 23.9 Å². The monoisotopic (exact) mass is 169 g/mol. The summed E-state index contributed by atoms with van der Waals surface area (Å²) in [6.45, 7) is 9.27. The molecule has 0 aliphatic heterocycles. The van der Waals surface area contributed by atoms with Crippen molar-refractivity contribution in [2.45, 2.75) is 33.1 Å². The highest BCUT2D eigenvalue weighted by Gasteiger charge is 2.08. The average Bonchev–Trinajstić information content (AvgIpc) is 2.04. The highest BCUT2D eigenvalue weighted by Crippen LogP contribution is 1.98. The summed E-state index contributed by atoms with van der Waals surface area (Å²) >= 11 is 0. The summed E-state index contributed by atoms with van der Waals surface area (Å²) in [5.74, 6) is 0.249. The molecule has 0 atom stereocenters. The van der Waals surface area contributed by atoms with Gasteiger partial charge in [0.2, 0.25) is 5.91 Å². The SMILES string of the molecule is C=CCN(CCC)C(=O)CCC. The van der Waals surface area contributed by atoms with Crippen LogP contribution in [0, 0.1) is 0 Å². The number of amides is 1. The molecule has 0 saturated carbocycles. The van der Waals surface area contributed by atoms with Gasteiger partial charge >= 0.3 is 0 Å². The summed E-state index contributed by atoms with van der Waals surface area (Å²) in [6.07, 6.45) is 4.39.